The van der Waals surface area contributed by atoms with E-state index in [0.29, 0.717) is 18.6 Å². The molecule has 0 amide bonds. The van der Waals surface area contributed by atoms with Gasteiger partial charge in [0.15, 0.2) is 0 Å². The predicted molar refractivity (Wildman–Crippen MR) is 100 cm³/mol. The molecule has 1 aromatic carbocycles. The number of rotatable bonds is 6. The first kappa shape index (κ1) is 22.2. The predicted octanol–water partition coefficient (Wildman–Crippen LogP) is 2.96. The maximum absolute atomic E-state index is 9.96. The molecule has 6 nitrogen and oxygen atoms in total. The van der Waals surface area contributed by atoms with Crippen molar-refractivity contribution in [3.63, 3.8) is 0 Å². The third-order valence-electron chi connectivity index (χ3n) is 4.46. The van der Waals surface area contributed by atoms with Crippen LogP contribution < -0.4 is 5.73 Å². The Morgan fingerprint density at radius 2 is 1.65 bits per heavy atom. The van der Waals surface area contributed by atoms with Crippen LogP contribution in [0, 0.1) is 0 Å². The van der Waals surface area contributed by atoms with Crippen molar-refractivity contribution in [2.24, 2.45) is 5.73 Å². The van der Waals surface area contributed by atoms with E-state index in [4.69, 9.17) is 27.5 Å². The van der Waals surface area contributed by atoms with Crippen LogP contribution in [-0.2, 0) is 15.0 Å². The minimum atomic E-state index is -1.26. The number of halogens is 1. The number of hydrogen-bond acceptors (Lipinski definition) is 4. The Balaban J connectivity index is 0.000000359. The van der Waals surface area contributed by atoms with Gasteiger partial charge in [0.2, 0.25) is 0 Å². The number of aliphatic hydroxyl groups is 1. The van der Waals surface area contributed by atoms with Crippen LogP contribution in [0.3, 0.4) is 0 Å². The minimum absolute atomic E-state index is 0.00701. The molecule has 1 aromatic rings. The van der Waals surface area contributed by atoms with Gasteiger partial charge in [0.1, 0.15) is 0 Å². The van der Waals surface area contributed by atoms with Gasteiger partial charge in [0.05, 0.1) is 5.60 Å². The van der Waals surface area contributed by atoms with Crippen molar-refractivity contribution in [2.75, 3.05) is 0 Å². The quantitative estimate of drug-likeness (QED) is 0.560. The highest BCUT2D eigenvalue weighted by Gasteiger charge is 2.45. The van der Waals surface area contributed by atoms with Crippen molar-refractivity contribution in [3.8, 4) is 0 Å². The lowest BCUT2D eigenvalue weighted by Gasteiger charge is -2.48. The second kappa shape index (κ2) is 9.16. The van der Waals surface area contributed by atoms with Gasteiger partial charge in [-0.25, -0.2) is 9.59 Å². The average molecular weight is 384 g/mol. The van der Waals surface area contributed by atoms with Crippen molar-refractivity contribution in [1.29, 1.82) is 0 Å². The molecule has 26 heavy (non-hydrogen) atoms. The highest BCUT2D eigenvalue weighted by molar-refractivity contribution is 6.30. The van der Waals surface area contributed by atoms with E-state index in [9.17, 15) is 14.7 Å². The van der Waals surface area contributed by atoms with E-state index in [1.807, 2.05) is 26.0 Å². The zero-order valence-corrected chi connectivity index (χ0v) is 15.7. The highest BCUT2D eigenvalue weighted by Crippen LogP contribution is 2.47. The molecular weight excluding hydrogens is 358 g/mol. The fourth-order valence-electron chi connectivity index (χ4n) is 3.09. The van der Waals surface area contributed by atoms with Crippen molar-refractivity contribution in [1.82, 2.24) is 0 Å². The number of hydrogen-bond donors (Lipinski definition) is 4. The largest absolute Gasteiger partial charge is 0.478 e. The summed E-state index contributed by atoms with van der Waals surface area (Å²) in [7, 11) is 0. The number of nitrogens with two attached hydrogens (primary N) is 1. The molecule has 1 unspecified atom stereocenters. The SMILES string of the molecule is CC(C)(O)CC(N)C1(c2ccc(Cl)cc2)CCC1.O=C(O)C=CC(=O)O. The van der Waals surface area contributed by atoms with Gasteiger partial charge in [-0.2, -0.15) is 0 Å². The van der Waals surface area contributed by atoms with E-state index < -0.39 is 17.5 Å². The van der Waals surface area contributed by atoms with E-state index in [-0.39, 0.29) is 11.5 Å². The van der Waals surface area contributed by atoms with Gasteiger partial charge >= 0.3 is 11.9 Å². The molecule has 5 N–H and O–H groups in total. The second-order valence-electron chi connectivity index (χ2n) is 7.15. The van der Waals surface area contributed by atoms with E-state index >= 15 is 0 Å². The summed E-state index contributed by atoms with van der Waals surface area (Å²) < 4.78 is 0. The molecular formula is C19H26ClNO5. The monoisotopic (exact) mass is 383 g/mol. The minimum Gasteiger partial charge on any atom is -0.478 e. The van der Waals surface area contributed by atoms with Gasteiger partial charge in [-0.3, -0.25) is 0 Å². The Bertz CT molecular complexity index is 629. The third-order valence-corrected chi connectivity index (χ3v) is 4.71. The van der Waals surface area contributed by atoms with Gasteiger partial charge in [-0.15, -0.1) is 0 Å². The topological polar surface area (TPSA) is 121 Å². The normalized spacial score (nSPS) is 17.0. The summed E-state index contributed by atoms with van der Waals surface area (Å²) in [5.41, 5.74) is 6.95. The molecule has 2 rings (SSSR count). The first-order chi connectivity index (χ1) is 12.0. The van der Waals surface area contributed by atoms with Gasteiger partial charge in [0, 0.05) is 28.6 Å². The number of carboxylic acid groups (broad SMARTS) is 2. The Labute approximate surface area is 158 Å². The van der Waals surface area contributed by atoms with Crippen LogP contribution in [0.5, 0.6) is 0 Å². The van der Waals surface area contributed by atoms with E-state index in [1.165, 1.54) is 12.0 Å². The molecule has 1 aliphatic rings. The Kier molecular flexibility index (Phi) is 7.81. The summed E-state index contributed by atoms with van der Waals surface area (Å²) in [5, 5.41) is 26.3. The fourth-order valence-corrected chi connectivity index (χ4v) is 3.22. The van der Waals surface area contributed by atoms with Crippen LogP contribution in [0.2, 0.25) is 5.02 Å². The Morgan fingerprint density at radius 3 is 1.96 bits per heavy atom. The molecule has 1 saturated carbocycles. The van der Waals surface area contributed by atoms with Crippen LogP contribution >= 0.6 is 11.6 Å². The molecule has 0 bridgehead atoms. The lowest BCUT2D eigenvalue weighted by Crippen LogP contribution is -2.52. The Morgan fingerprint density at radius 1 is 1.19 bits per heavy atom. The zero-order chi connectivity index (χ0) is 20.0. The highest BCUT2D eigenvalue weighted by atomic mass is 35.5. The summed E-state index contributed by atoms with van der Waals surface area (Å²) in [6, 6.07) is 7.99. The number of benzene rings is 1. The van der Waals surface area contributed by atoms with Crippen molar-refractivity contribution in [2.45, 2.75) is 56.6 Å². The van der Waals surface area contributed by atoms with Gasteiger partial charge in [-0.05, 0) is 50.8 Å². The molecule has 0 spiro atoms. The molecule has 1 atom stereocenters. The Hall–Kier alpha value is -1.89. The lowest BCUT2D eigenvalue weighted by atomic mass is 9.59. The summed E-state index contributed by atoms with van der Waals surface area (Å²) in [6.45, 7) is 3.64. The molecule has 7 heteroatoms. The van der Waals surface area contributed by atoms with Crippen LogP contribution in [0.25, 0.3) is 0 Å². The number of carboxylic acids is 2. The zero-order valence-electron chi connectivity index (χ0n) is 15.0. The van der Waals surface area contributed by atoms with E-state index in [0.717, 1.165) is 17.9 Å². The smallest absolute Gasteiger partial charge is 0.328 e. The van der Waals surface area contributed by atoms with Crippen LogP contribution in [0.1, 0.15) is 45.1 Å². The summed E-state index contributed by atoms with van der Waals surface area (Å²) >= 11 is 5.94. The molecule has 0 saturated heterocycles. The van der Waals surface area contributed by atoms with Crippen molar-refractivity contribution >= 4 is 23.5 Å². The van der Waals surface area contributed by atoms with Crippen molar-refractivity contribution < 1.29 is 24.9 Å². The van der Waals surface area contributed by atoms with Gasteiger partial charge in [-0.1, -0.05) is 30.2 Å². The number of aliphatic carboxylic acids is 2. The molecule has 1 fully saturated rings. The van der Waals surface area contributed by atoms with Gasteiger partial charge < -0.3 is 21.1 Å². The standard InChI is InChI=1S/C15H22ClNO.C4H4O4/c1-14(2,18)10-13(17)15(8-3-9-15)11-4-6-12(16)7-5-11;5-3(6)1-2-4(7)8/h4-7,13,18H,3,8-10,17H2,1-2H3;1-2H,(H,5,6)(H,7,8). The fraction of sp³-hybridized carbons (Fsp3) is 0.474. The van der Waals surface area contributed by atoms with Crippen LogP contribution in [0.4, 0.5) is 0 Å². The first-order valence-corrected chi connectivity index (χ1v) is 8.72. The molecule has 144 valence electrons. The van der Waals surface area contributed by atoms with Crippen LogP contribution in [-0.4, -0.2) is 38.9 Å². The molecule has 0 aliphatic heterocycles. The summed E-state index contributed by atoms with van der Waals surface area (Å²) in [5.74, 6) is -2.51. The van der Waals surface area contributed by atoms with Crippen LogP contribution in [0.15, 0.2) is 36.4 Å². The molecule has 0 radical (unpaired) electrons. The summed E-state index contributed by atoms with van der Waals surface area (Å²) in [4.78, 5) is 19.1. The second-order valence-corrected chi connectivity index (χ2v) is 7.59. The van der Waals surface area contributed by atoms with Gasteiger partial charge in [0.25, 0.3) is 0 Å². The lowest BCUT2D eigenvalue weighted by molar-refractivity contribution is -0.134. The molecule has 0 heterocycles. The third kappa shape index (κ3) is 6.78. The summed E-state index contributed by atoms with van der Waals surface area (Å²) in [6.07, 6.45) is 5.15. The maximum atomic E-state index is 9.96. The van der Waals surface area contributed by atoms with E-state index in [2.05, 4.69) is 12.1 Å². The van der Waals surface area contributed by atoms with Crippen molar-refractivity contribution in [3.05, 3.63) is 47.0 Å². The maximum Gasteiger partial charge on any atom is 0.328 e. The average Bonchev–Trinajstić information content (AvgIpc) is 2.45. The first-order valence-electron chi connectivity index (χ1n) is 8.34. The van der Waals surface area contributed by atoms with E-state index in [1.54, 1.807) is 0 Å². The molecule has 1 aliphatic carbocycles. The molecule has 0 aromatic heterocycles. The number of carbonyl (C=O) groups is 2.